The van der Waals surface area contributed by atoms with E-state index in [1.54, 1.807) is 38.4 Å². The van der Waals surface area contributed by atoms with Gasteiger partial charge in [-0.2, -0.15) is 0 Å². The lowest BCUT2D eigenvalue weighted by Gasteiger charge is -2.25. The molecule has 228 valence electrons. The second-order valence-corrected chi connectivity index (χ2v) is 10.2. The first-order valence-corrected chi connectivity index (χ1v) is 14.0. The summed E-state index contributed by atoms with van der Waals surface area (Å²) in [5.41, 5.74) is 7.73. The van der Waals surface area contributed by atoms with E-state index in [1.807, 2.05) is 0 Å². The van der Waals surface area contributed by atoms with Gasteiger partial charge in [0.25, 0.3) is 0 Å². The molecular weight excluding hydrogens is 542 g/mol. The van der Waals surface area contributed by atoms with Gasteiger partial charge in [0.2, 0.25) is 23.6 Å². The van der Waals surface area contributed by atoms with E-state index in [9.17, 15) is 29.4 Å². The zero-order valence-corrected chi connectivity index (χ0v) is 24.0. The van der Waals surface area contributed by atoms with Crippen molar-refractivity contribution in [1.82, 2.24) is 31.9 Å². The van der Waals surface area contributed by atoms with E-state index in [0.717, 1.165) is 5.56 Å². The number of rotatable bonds is 10. The number of hydrogen-bond acceptors (Lipinski definition) is 9. The van der Waals surface area contributed by atoms with E-state index in [0.29, 0.717) is 29.7 Å². The third-order valence-corrected chi connectivity index (χ3v) is 7.08. The third kappa shape index (κ3) is 8.90. The monoisotopic (exact) mass is 583 g/mol. The van der Waals surface area contributed by atoms with Crippen LogP contribution < -0.4 is 37.6 Å². The van der Waals surface area contributed by atoms with Gasteiger partial charge in [-0.05, 0) is 80.0 Å². The molecule has 4 bridgehead atoms. The number of nitrogens with one attached hydrogen (secondary N) is 6. The molecule has 0 spiro atoms. The maximum absolute atomic E-state index is 13.6. The fraction of sp³-hybridized carbons (Fsp3) is 0.448. The molecule has 42 heavy (non-hydrogen) atoms. The van der Waals surface area contributed by atoms with Crippen LogP contribution in [-0.4, -0.2) is 92.2 Å². The number of phenols is 2. The summed E-state index contributed by atoms with van der Waals surface area (Å²) in [5.74, 6) is -2.18. The van der Waals surface area contributed by atoms with Gasteiger partial charge in [0.1, 0.15) is 23.6 Å². The molecule has 4 amide bonds. The lowest BCUT2D eigenvalue weighted by atomic mass is 9.95. The van der Waals surface area contributed by atoms with Crippen LogP contribution in [0.1, 0.15) is 24.0 Å². The third-order valence-electron chi connectivity index (χ3n) is 7.08. The predicted molar refractivity (Wildman–Crippen MR) is 158 cm³/mol. The van der Waals surface area contributed by atoms with Crippen molar-refractivity contribution in [2.24, 2.45) is 5.73 Å². The van der Waals surface area contributed by atoms with Crippen LogP contribution in [0.25, 0.3) is 11.1 Å². The molecule has 0 radical (unpaired) electrons. The molecule has 0 aromatic heterocycles. The van der Waals surface area contributed by atoms with Crippen molar-refractivity contribution in [2.75, 3.05) is 40.3 Å². The summed E-state index contributed by atoms with van der Waals surface area (Å²) in [7, 11) is 3.39. The van der Waals surface area contributed by atoms with Crippen LogP contribution in [0.2, 0.25) is 0 Å². The number of amides is 4. The highest BCUT2D eigenvalue weighted by atomic mass is 16.3. The maximum Gasteiger partial charge on any atom is 0.243 e. The average Bonchev–Trinajstić information content (AvgIpc) is 2.98. The number of hydrogen-bond donors (Lipinski definition) is 9. The number of aromatic hydroxyl groups is 2. The highest BCUT2D eigenvalue weighted by molar-refractivity contribution is 5.94. The number of likely N-dealkylation sites (N-methyl/N-ethyl adjacent to an activating group) is 1. The van der Waals surface area contributed by atoms with Gasteiger partial charge in [0, 0.05) is 25.9 Å². The highest BCUT2D eigenvalue weighted by Crippen LogP contribution is 2.31. The Morgan fingerprint density at radius 2 is 1.55 bits per heavy atom. The first-order chi connectivity index (χ1) is 20.2. The second-order valence-electron chi connectivity index (χ2n) is 10.2. The Kier molecular flexibility index (Phi) is 12.1. The van der Waals surface area contributed by atoms with Crippen LogP contribution in [0, 0.1) is 0 Å². The van der Waals surface area contributed by atoms with Gasteiger partial charge < -0.3 is 47.8 Å². The van der Waals surface area contributed by atoms with Crippen molar-refractivity contribution >= 4 is 23.6 Å². The minimum absolute atomic E-state index is 0.0191. The zero-order chi connectivity index (χ0) is 30.6. The van der Waals surface area contributed by atoms with E-state index in [4.69, 9.17) is 5.73 Å². The molecule has 13 nitrogen and oxygen atoms in total. The molecule has 0 saturated carbocycles. The SMILES string of the molecule is CNCCC[C@@H]1NC(=O)[C@@H](NC)Cc2cc(ccc2O)-c2ccc(O)c(c2)C[C@@H](C(=O)NCC(=O)NCCN)NC1=O. The van der Waals surface area contributed by atoms with Gasteiger partial charge in [-0.1, -0.05) is 12.1 Å². The van der Waals surface area contributed by atoms with Crippen LogP contribution in [0.5, 0.6) is 11.5 Å². The van der Waals surface area contributed by atoms with E-state index in [1.165, 1.54) is 12.1 Å². The summed E-state index contributed by atoms with van der Waals surface area (Å²) in [4.78, 5) is 52.3. The van der Waals surface area contributed by atoms with Gasteiger partial charge in [0.05, 0.1) is 12.6 Å². The van der Waals surface area contributed by atoms with Crippen molar-refractivity contribution < 1.29 is 29.4 Å². The summed E-state index contributed by atoms with van der Waals surface area (Å²) in [5, 5.41) is 37.8. The number of fused-ring (bicyclic) bond motifs is 5. The summed E-state index contributed by atoms with van der Waals surface area (Å²) >= 11 is 0. The van der Waals surface area contributed by atoms with Crippen LogP contribution in [0.3, 0.4) is 0 Å². The number of benzene rings is 2. The number of carbonyl (C=O) groups is 4. The van der Waals surface area contributed by atoms with E-state index >= 15 is 0 Å². The van der Waals surface area contributed by atoms with Gasteiger partial charge in [-0.25, -0.2) is 0 Å². The summed E-state index contributed by atoms with van der Waals surface area (Å²) in [6, 6.07) is 6.99. The number of carbonyl (C=O) groups excluding carboxylic acids is 4. The topological polar surface area (TPSA) is 207 Å². The van der Waals surface area contributed by atoms with Crippen molar-refractivity contribution in [1.29, 1.82) is 0 Å². The van der Waals surface area contributed by atoms with Crippen LogP contribution in [0.15, 0.2) is 36.4 Å². The van der Waals surface area contributed by atoms with Crippen LogP contribution >= 0.6 is 0 Å². The minimum Gasteiger partial charge on any atom is -0.508 e. The molecule has 0 saturated heterocycles. The number of phenolic OH excluding ortho intramolecular Hbond substituents is 2. The fourth-order valence-electron chi connectivity index (χ4n) is 4.69. The molecule has 2 aromatic rings. The predicted octanol–water partition coefficient (Wildman–Crippen LogP) is -1.39. The summed E-state index contributed by atoms with van der Waals surface area (Å²) in [6.07, 6.45) is 0.896. The highest BCUT2D eigenvalue weighted by Gasteiger charge is 2.30. The van der Waals surface area contributed by atoms with Crippen molar-refractivity contribution in [3.05, 3.63) is 47.5 Å². The molecule has 2 aromatic carbocycles. The first kappa shape index (κ1) is 32.3. The summed E-state index contributed by atoms with van der Waals surface area (Å²) in [6.45, 7) is 0.750. The Balaban J connectivity index is 2.03. The van der Waals surface area contributed by atoms with E-state index in [-0.39, 0.29) is 50.4 Å². The Hall–Kier alpha value is -4.20. The van der Waals surface area contributed by atoms with E-state index < -0.39 is 41.8 Å². The Labute approximate surface area is 245 Å². The largest absolute Gasteiger partial charge is 0.508 e. The van der Waals surface area contributed by atoms with Crippen LogP contribution in [0.4, 0.5) is 0 Å². The van der Waals surface area contributed by atoms with Crippen molar-refractivity contribution in [3.8, 4) is 22.6 Å². The molecule has 1 heterocycles. The lowest BCUT2D eigenvalue weighted by molar-refractivity contribution is -0.133. The Bertz CT molecular complexity index is 1270. The molecule has 1 aliphatic rings. The molecular formula is C29H41N7O6. The lowest BCUT2D eigenvalue weighted by Crippen LogP contribution is -2.57. The normalized spacial score (nSPS) is 19.1. The summed E-state index contributed by atoms with van der Waals surface area (Å²) < 4.78 is 0. The molecule has 10 N–H and O–H groups in total. The van der Waals surface area contributed by atoms with Gasteiger partial charge in [0.15, 0.2) is 0 Å². The molecule has 0 aliphatic carbocycles. The Morgan fingerprint density at radius 1 is 0.905 bits per heavy atom. The quantitative estimate of drug-likeness (QED) is 0.151. The molecule has 1 aliphatic heterocycles. The average molecular weight is 584 g/mol. The molecule has 0 fully saturated rings. The van der Waals surface area contributed by atoms with Crippen LogP contribution in [-0.2, 0) is 32.0 Å². The fourth-order valence-corrected chi connectivity index (χ4v) is 4.69. The van der Waals surface area contributed by atoms with Crippen molar-refractivity contribution in [3.63, 3.8) is 0 Å². The zero-order valence-electron chi connectivity index (χ0n) is 24.0. The molecule has 3 atom stereocenters. The second kappa shape index (κ2) is 15.7. The first-order valence-electron chi connectivity index (χ1n) is 14.0. The standard InChI is InChI=1S/C29H41N7O6/c1-31-10-3-4-21-28(41)36-23(27(40)34-16-26(39)33-11-9-30)15-20-13-18(6-8-25(20)38)17-5-7-24(37)19(12-17)14-22(32-2)29(42)35-21/h5-8,12-13,21-23,31-32,37-38H,3-4,9-11,14-16,30H2,1-2H3,(H,33,39)(H,34,40)(H,35,42)(H,36,41)/t21-,22-,23-/m0/s1. The molecule has 0 unspecified atom stereocenters. The van der Waals surface area contributed by atoms with Crippen molar-refractivity contribution in [2.45, 2.75) is 43.8 Å². The molecule has 13 heteroatoms. The van der Waals surface area contributed by atoms with E-state index in [2.05, 4.69) is 31.9 Å². The van der Waals surface area contributed by atoms with Gasteiger partial charge >= 0.3 is 0 Å². The maximum atomic E-state index is 13.6. The minimum atomic E-state index is -1.18. The smallest absolute Gasteiger partial charge is 0.243 e. The Morgan fingerprint density at radius 3 is 2.14 bits per heavy atom. The molecule has 3 rings (SSSR count). The van der Waals surface area contributed by atoms with Gasteiger partial charge in [-0.3, -0.25) is 19.2 Å². The number of nitrogens with two attached hydrogens (primary N) is 1. The van der Waals surface area contributed by atoms with Gasteiger partial charge in [-0.15, -0.1) is 0 Å².